The van der Waals surface area contributed by atoms with Crippen LogP contribution in [0, 0.1) is 5.92 Å². The number of hydrogen-bond acceptors (Lipinski definition) is 4. The molecule has 1 fully saturated rings. The van der Waals surface area contributed by atoms with Gasteiger partial charge in [-0.2, -0.15) is 0 Å². The van der Waals surface area contributed by atoms with Crippen molar-refractivity contribution in [3.8, 4) is 5.75 Å². The summed E-state index contributed by atoms with van der Waals surface area (Å²) in [7, 11) is 0. The number of hydrogen-bond donors (Lipinski definition) is 2. The zero-order valence-corrected chi connectivity index (χ0v) is 15.8. The van der Waals surface area contributed by atoms with Crippen molar-refractivity contribution in [3.05, 3.63) is 60.2 Å². The fourth-order valence-electron chi connectivity index (χ4n) is 3.46. The number of esters is 1. The van der Waals surface area contributed by atoms with Gasteiger partial charge in [-0.25, -0.2) is 4.79 Å². The van der Waals surface area contributed by atoms with E-state index in [4.69, 9.17) is 4.74 Å². The first-order chi connectivity index (χ1) is 13.5. The van der Waals surface area contributed by atoms with Gasteiger partial charge in [-0.15, -0.1) is 0 Å². The Bertz CT molecular complexity index is 827. The van der Waals surface area contributed by atoms with Crippen molar-refractivity contribution in [3.63, 3.8) is 0 Å². The lowest BCUT2D eigenvalue weighted by molar-refractivity contribution is -0.140. The third-order valence-electron chi connectivity index (χ3n) is 4.85. The lowest BCUT2D eigenvalue weighted by atomic mass is 9.98. The Labute approximate surface area is 164 Å². The molecule has 1 saturated carbocycles. The summed E-state index contributed by atoms with van der Waals surface area (Å²) in [5.41, 5.74) is 1.16. The first kappa shape index (κ1) is 19.6. The van der Waals surface area contributed by atoms with Crippen LogP contribution in [0.1, 0.15) is 43.0 Å². The molecule has 2 aromatic carbocycles. The van der Waals surface area contributed by atoms with E-state index in [1.807, 2.05) is 6.07 Å². The van der Waals surface area contributed by atoms with Crippen LogP contribution in [-0.4, -0.2) is 23.8 Å². The summed E-state index contributed by atoms with van der Waals surface area (Å²) < 4.78 is 5.47. The standard InChI is InChI=1S/C22H24N2O4/c1-15(25)23-20(16-7-5-6-8-16)22(27)28-19-13-11-18(12-14-19)24-21(26)17-9-3-2-4-10-17/h2-4,9-14,16,20H,5-8H2,1H3,(H,23,25)(H,24,26). The van der Waals surface area contributed by atoms with Gasteiger partial charge in [0.1, 0.15) is 11.8 Å². The zero-order valence-electron chi connectivity index (χ0n) is 15.8. The van der Waals surface area contributed by atoms with E-state index in [-0.39, 0.29) is 17.7 Å². The van der Waals surface area contributed by atoms with Gasteiger partial charge in [0.05, 0.1) is 0 Å². The molecule has 2 N–H and O–H groups in total. The summed E-state index contributed by atoms with van der Waals surface area (Å²) >= 11 is 0. The molecule has 2 amide bonds. The summed E-state index contributed by atoms with van der Waals surface area (Å²) in [5.74, 6) is -0.426. The molecule has 0 aromatic heterocycles. The van der Waals surface area contributed by atoms with Crippen molar-refractivity contribution in [2.75, 3.05) is 5.32 Å². The maximum absolute atomic E-state index is 12.6. The van der Waals surface area contributed by atoms with Gasteiger partial charge in [0.2, 0.25) is 5.91 Å². The highest BCUT2D eigenvalue weighted by molar-refractivity contribution is 6.04. The average Bonchev–Trinajstić information content (AvgIpc) is 3.22. The molecule has 146 valence electrons. The van der Waals surface area contributed by atoms with E-state index in [0.29, 0.717) is 17.0 Å². The van der Waals surface area contributed by atoms with E-state index in [2.05, 4.69) is 10.6 Å². The van der Waals surface area contributed by atoms with Crippen LogP contribution in [0.4, 0.5) is 5.69 Å². The fraction of sp³-hybridized carbons (Fsp3) is 0.318. The monoisotopic (exact) mass is 380 g/mol. The van der Waals surface area contributed by atoms with E-state index in [0.717, 1.165) is 25.7 Å². The van der Waals surface area contributed by atoms with Gasteiger partial charge in [-0.05, 0) is 55.2 Å². The molecular weight excluding hydrogens is 356 g/mol. The summed E-state index contributed by atoms with van der Waals surface area (Å²) in [5, 5.41) is 5.52. The van der Waals surface area contributed by atoms with Crippen LogP contribution in [0.3, 0.4) is 0 Å². The van der Waals surface area contributed by atoms with Crippen LogP contribution < -0.4 is 15.4 Å². The Kier molecular flexibility index (Phi) is 6.42. The van der Waals surface area contributed by atoms with Gasteiger partial charge in [-0.3, -0.25) is 9.59 Å². The van der Waals surface area contributed by atoms with Crippen molar-refractivity contribution in [1.29, 1.82) is 0 Å². The predicted molar refractivity (Wildman–Crippen MR) is 106 cm³/mol. The highest BCUT2D eigenvalue weighted by Gasteiger charge is 2.32. The fourth-order valence-corrected chi connectivity index (χ4v) is 3.46. The van der Waals surface area contributed by atoms with Crippen LogP contribution in [0.25, 0.3) is 0 Å². The number of carbonyl (C=O) groups excluding carboxylic acids is 3. The van der Waals surface area contributed by atoms with Gasteiger partial charge in [0, 0.05) is 18.2 Å². The van der Waals surface area contributed by atoms with Gasteiger partial charge >= 0.3 is 5.97 Å². The third-order valence-corrected chi connectivity index (χ3v) is 4.85. The minimum absolute atomic E-state index is 0.112. The lowest BCUT2D eigenvalue weighted by Gasteiger charge is -2.22. The van der Waals surface area contributed by atoms with Crippen molar-refractivity contribution in [2.45, 2.75) is 38.6 Å². The molecule has 3 rings (SSSR count). The second kappa shape index (κ2) is 9.17. The quantitative estimate of drug-likeness (QED) is 0.593. The molecule has 1 unspecified atom stereocenters. The molecule has 28 heavy (non-hydrogen) atoms. The van der Waals surface area contributed by atoms with Crippen LogP contribution in [-0.2, 0) is 9.59 Å². The number of anilines is 1. The molecular formula is C22H24N2O4. The second-order valence-electron chi connectivity index (χ2n) is 6.99. The van der Waals surface area contributed by atoms with Gasteiger partial charge in [0.15, 0.2) is 0 Å². The third kappa shape index (κ3) is 5.19. The summed E-state index contributed by atoms with van der Waals surface area (Å²) in [6, 6.07) is 14.9. The van der Waals surface area contributed by atoms with E-state index >= 15 is 0 Å². The predicted octanol–water partition coefficient (Wildman–Crippen LogP) is 3.54. The lowest BCUT2D eigenvalue weighted by Crippen LogP contribution is -2.46. The molecule has 0 radical (unpaired) electrons. The number of nitrogens with one attached hydrogen (secondary N) is 2. The molecule has 1 atom stereocenters. The number of rotatable bonds is 6. The van der Waals surface area contributed by atoms with Crippen molar-refractivity contribution in [1.82, 2.24) is 5.32 Å². The van der Waals surface area contributed by atoms with Crippen LogP contribution in [0.15, 0.2) is 54.6 Å². The highest BCUT2D eigenvalue weighted by atomic mass is 16.5. The summed E-state index contributed by atoms with van der Waals surface area (Å²) in [4.78, 5) is 36.2. The Balaban J connectivity index is 1.61. The molecule has 1 aliphatic rings. The number of amides is 2. The highest BCUT2D eigenvalue weighted by Crippen LogP contribution is 2.29. The maximum atomic E-state index is 12.6. The Hall–Kier alpha value is -3.15. The topological polar surface area (TPSA) is 84.5 Å². The molecule has 0 spiro atoms. The SMILES string of the molecule is CC(=O)NC(C(=O)Oc1ccc(NC(=O)c2ccccc2)cc1)C1CCCC1. The minimum atomic E-state index is -0.627. The first-order valence-electron chi connectivity index (χ1n) is 9.48. The second-order valence-corrected chi connectivity index (χ2v) is 6.99. The summed E-state index contributed by atoms with van der Waals surface area (Å²) in [6.07, 6.45) is 3.93. The maximum Gasteiger partial charge on any atom is 0.334 e. The normalized spacial score (nSPS) is 14.9. The number of benzene rings is 2. The Morgan fingerprint density at radius 3 is 2.21 bits per heavy atom. The molecule has 0 aliphatic heterocycles. The molecule has 1 aliphatic carbocycles. The van der Waals surface area contributed by atoms with Crippen molar-refractivity contribution >= 4 is 23.5 Å². The van der Waals surface area contributed by atoms with E-state index in [9.17, 15) is 14.4 Å². The minimum Gasteiger partial charge on any atom is -0.425 e. The van der Waals surface area contributed by atoms with Crippen LogP contribution >= 0.6 is 0 Å². The largest absolute Gasteiger partial charge is 0.425 e. The van der Waals surface area contributed by atoms with E-state index in [1.54, 1.807) is 48.5 Å². The number of ether oxygens (including phenoxy) is 1. The van der Waals surface area contributed by atoms with Crippen LogP contribution in [0.2, 0.25) is 0 Å². The molecule has 2 aromatic rings. The van der Waals surface area contributed by atoms with Gasteiger partial charge in [0.25, 0.3) is 5.91 Å². The van der Waals surface area contributed by atoms with Crippen molar-refractivity contribution < 1.29 is 19.1 Å². The van der Waals surface area contributed by atoms with Crippen LogP contribution in [0.5, 0.6) is 5.75 Å². The smallest absolute Gasteiger partial charge is 0.334 e. The van der Waals surface area contributed by atoms with Gasteiger partial charge < -0.3 is 15.4 Å². The van der Waals surface area contributed by atoms with E-state index in [1.165, 1.54) is 6.92 Å². The summed E-state index contributed by atoms with van der Waals surface area (Å²) in [6.45, 7) is 1.40. The number of carbonyl (C=O) groups is 3. The average molecular weight is 380 g/mol. The van der Waals surface area contributed by atoms with E-state index < -0.39 is 12.0 Å². The molecule has 0 saturated heterocycles. The molecule has 6 heteroatoms. The first-order valence-corrected chi connectivity index (χ1v) is 9.48. The van der Waals surface area contributed by atoms with Crippen molar-refractivity contribution in [2.24, 2.45) is 5.92 Å². The zero-order chi connectivity index (χ0) is 19.9. The molecule has 0 heterocycles. The molecule has 0 bridgehead atoms. The molecule has 6 nitrogen and oxygen atoms in total. The Morgan fingerprint density at radius 1 is 0.964 bits per heavy atom. The Morgan fingerprint density at radius 2 is 1.61 bits per heavy atom. The van der Waals surface area contributed by atoms with Gasteiger partial charge in [-0.1, -0.05) is 31.0 Å².